The van der Waals surface area contributed by atoms with E-state index in [0.29, 0.717) is 18.0 Å². The second-order valence-corrected chi connectivity index (χ2v) is 3.89. The molecule has 1 rings (SSSR count). The molecule has 0 saturated carbocycles. The molecule has 0 spiro atoms. The van der Waals surface area contributed by atoms with E-state index in [1.807, 2.05) is 0 Å². The number of carbonyl (C=O) groups is 1. The average Bonchev–Trinajstić information content (AvgIpc) is 2.37. The van der Waals surface area contributed by atoms with Gasteiger partial charge in [-0.3, -0.25) is 14.9 Å². The van der Waals surface area contributed by atoms with Gasteiger partial charge in [0.25, 0.3) is 5.69 Å². The van der Waals surface area contributed by atoms with Gasteiger partial charge in [0, 0.05) is 24.9 Å². The molecular weight excluding hydrogens is 250 g/mol. The molecule has 0 aliphatic heterocycles. The van der Waals surface area contributed by atoms with Crippen molar-refractivity contribution in [2.24, 2.45) is 0 Å². The first-order valence-electron chi connectivity index (χ1n) is 5.88. The Balaban J connectivity index is 2.99. The first-order chi connectivity index (χ1) is 8.97. The summed E-state index contributed by atoms with van der Waals surface area (Å²) in [6.45, 7) is 3.86. The summed E-state index contributed by atoms with van der Waals surface area (Å²) in [5.74, 6) is 0.188. The Morgan fingerprint density at radius 2 is 2.16 bits per heavy atom. The second-order valence-electron chi connectivity index (χ2n) is 3.89. The van der Waals surface area contributed by atoms with Crippen molar-refractivity contribution in [2.45, 2.75) is 19.9 Å². The fourth-order valence-corrected chi connectivity index (χ4v) is 1.55. The number of ether oxygens (including phenoxy) is 1. The van der Waals surface area contributed by atoms with Crippen LogP contribution in [0.2, 0.25) is 0 Å². The molecule has 0 saturated heterocycles. The predicted molar refractivity (Wildman–Crippen MR) is 71.4 cm³/mol. The highest BCUT2D eigenvalue weighted by atomic mass is 16.6. The van der Waals surface area contributed by atoms with Crippen LogP contribution < -0.4 is 15.4 Å². The summed E-state index contributed by atoms with van der Waals surface area (Å²) in [5, 5.41) is 16.2. The third-order valence-corrected chi connectivity index (χ3v) is 2.44. The van der Waals surface area contributed by atoms with Crippen LogP contribution in [0.4, 0.5) is 11.4 Å². The van der Waals surface area contributed by atoms with E-state index >= 15 is 0 Å². The van der Waals surface area contributed by atoms with Crippen LogP contribution in [0.5, 0.6) is 5.75 Å². The van der Waals surface area contributed by atoms with Crippen molar-refractivity contribution in [3.63, 3.8) is 0 Å². The van der Waals surface area contributed by atoms with Gasteiger partial charge in [-0.2, -0.15) is 0 Å². The van der Waals surface area contributed by atoms with Gasteiger partial charge >= 0.3 is 0 Å². The molecule has 7 nitrogen and oxygen atoms in total. The molecule has 1 aromatic rings. The van der Waals surface area contributed by atoms with Gasteiger partial charge in [0.05, 0.1) is 17.6 Å². The molecule has 0 radical (unpaired) electrons. The largest absolute Gasteiger partial charge is 0.494 e. The zero-order chi connectivity index (χ0) is 14.4. The zero-order valence-electron chi connectivity index (χ0n) is 11.1. The number of non-ortho nitro benzene ring substituents is 1. The lowest BCUT2D eigenvalue weighted by Crippen LogP contribution is -2.35. The van der Waals surface area contributed by atoms with Crippen LogP contribution in [0, 0.1) is 10.1 Å². The van der Waals surface area contributed by atoms with E-state index < -0.39 is 11.0 Å². The minimum absolute atomic E-state index is 0.0856. The van der Waals surface area contributed by atoms with E-state index in [1.54, 1.807) is 19.9 Å². The first-order valence-corrected chi connectivity index (χ1v) is 5.88. The van der Waals surface area contributed by atoms with Crippen molar-refractivity contribution in [3.05, 3.63) is 28.3 Å². The van der Waals surface area contributed by atoms with Gasteiger partial charge in [-0.15, -0.1) is 0 Å². The van der Waals surface area contributed by atoms with Gasteiger partial charge < -0.3 is 15.4 Å². The molecular formula is C12H17N3O4. The summed E-state index contributed by atoms with van der Waals surface area (Å²) in [6, 6.07) is 3.83. The Labute approximate surface area is 111 Å². The molecule has 1 aromatic carbocycles. The number of nitrogens with one attached hydrogen (secondary N) is 2. The number of anilines is 1. The maximum atomic E-state index is 11.4. The monoisotopic (exact) mass is 267 g/mol. The van der Waals surface area contributed by atoms with Crippen molar-refractivity contribution >= 4 is 17.3 Å². The van der Waals surface area contributed by atoms with Crippen molar-refractivity contribution in [1.82, 2.24) is 5.32 Å². The highest BCUT2D eigenvalue weighted by Gasteiger charge is 2.14. The summed E-state index contributed by atoms with van der Waals surface area (Å²) in [6.07, 6.45) is 0. The Bertz CT molecular complexity index is 476. The van der Waals surface area contributed by atoms with Crippen LogP contribution in [0.25, 0.3) is 0 Å². The summed E-state index contributed by atoms with van der Waals surface area (Å²) in [4.78, 5) is 21.7. The maximum Gasteiger partial charge on any atom is 0.275 e. The fourth-order valence-electron chi connectivity index (χ4n) is 1.55. The highest BCUT2D eigenvalue weighted by molar-refractivity contribution is 5.84. The molecule has 1 amide bonds. The average molecular weight is 267 g/mol. The summed E-state index contributed by atoms with van der Waals surface area (Å²) in [5.41, 5.74) is 0.381. The molecule has 0 heterocycles. The first kappa shape index (κ1) is 14.7. The minimum Gasteiger partial charge on any atom is -0.494 e. The van der Waals surface area contributed by atoms with Gasteiger partial charge in [-0.05, 0) is 13.8 Å². The Kier molecular flexibility index (Phi) is 5.11. The fraction of sp³-hybridized carbons (Fsp3) is 0.417. The van der Waals surface area contributed by atoms with Gasteiger partial charge in [-0.25, -0.2) is 0 Å². The maximum absolute atomic E-state index is 11.4. The highest BCUT2D eigenvalue weighted by Crippen LogP contribution is 2.26. The number of nitrogens with zero attached hydrogens (tertiary/aromatic N) is 1. The van der Waals surface area contributed by atoms with Crippen molar-refractivity contribution in [3.8, 4) is 5.75 Å². The van der Waals surface area contributed by atoms with E-state index in [0.717, 1.165) is 0 Å². The number of benzene rings is 1. The van der Waals surface area contributed by atoms with E-state index in [1.165, 1.54) is 19.2 Å². The van der Waals surface area contributed by atoms with E-state index in [-0.39, 0.29) is 11.6 Å². The normalized spacial score (nSPS) is 11.5. The topological polar surface area (TPSA) is 93.5 Å². The summed E-state index contributed by atoms with van der Waals surface area (Å²) in [7, 11) is 1.53. The van der Waals surface area contributed by atoms with Crippen molar-refractivity contribution < 1.29 is 14.5 Å². The molecule has 0 aliphatic rings. The van der Waals surface area contributed by atoms with Crippen LogP contribution in [-0.2, 0) is 4.79 Å². The predicted octanol–water partition coefficient (Wildman–Crippen LogP) is 1.54. The molecule has 0 aliphatic carbocycles. The molecule has 7 heteroatoms. The Hall–Kier alpha value is -2.31. The van der Waals surface area contributed by atoms with Gasteiger partial charge in [0.2, 0.25) is 5.91 Å². The van der Waals surface area contributed by atoms with Crippen molar-refractivity contribution in [1.29, 1.82) is 0 Å². The van der Waals surface area contributed by atoms with Crippen LogP contribution in [0.3, 0.4) is 0 Å². The number of nitro groups is 1. The number of amides is 1. The smallest absolute Gasteiger partial charge is 0.275 e. The molecule has 104 valence electrons. The number of likely N-dealkylation sites (N-methyl/N-ethyl adjacent to an activating group) is 1. The zero-order valence-corrected chi connectivity index (χ0v) is 11.1. The number of rotatable bonds is 6. The van der Waals surface area contributed by atoms with Gasteiger partial charge in [0.15, 0.2) is 0 Å². The van der Waals surface area contributed by atoms with Crippen LogP contribution in [-0.4, -0.2) is 30.5 Å². The Morgan fingerprint density at radius 3 is 2.68 bits per heavy atom. The SMILES string of the molecule is CCOc1cc(NC(C)C(=O)NC)cc([N+](=O)[O-])c1. The quantitative estimate of drug-likeness (QED) is 0.602. The molecule has 0 fully saturated rings. The van der Waals surface area contributed by atoms with Crippen LogP contribution in [0.15, 0.2) is 18.2 Å². The van der Waals surface area contributed by atoms with Crippen LogP contribution >= 0.6 is 0 Å². The van der Waals surface area contributed by atoms with E-state index in [2.05, 4.69) is 10.6 Å². The standard InChI is InChI=1S/C12H17N3O4/c1-4-19-11-6-9(5-10(7-11)15(17)18)14-8(2)12(16)13-3/h5-8,14H,4H2,1-3H3,(H,13,16). The molecule has 19 heavy (non-hydrogen) atoms. The van der Waals surface area contributed by atoms with Gasteiger partial charge in [0.1, 0.15) is 11.8 Å². The summed E-state index contributed by atoms with van der Waals surface area (Å²) < 4.78 is 5.26. The molecule has 1 atom stereocenters. The third-order valence-electron chi connectivity index (χ3n) is 2.44. The van der Waals surface area contributed by atoms with Crippen molar-refractivity contribution in [2.75, 3.05) is 19.0 Å². The number of carbonyl (C=O) groups excluding carboxylic acids is 1. The Morgan fingerprint density at radius 1 is 1.47 bits per heavy atom. The lowest BCUT2D eigenvalue weighted by atomic mass is 10.2. The molecule has 2 N–H and O–H groups in total. The third kappa shape index (κ3) is 4.13. The van der Waals surface area contributed by atoms with E-state index in [4.69, 9.17) is 4.74 Å². The number of hydrogen-bond acceptors (Lipinski definition) is 5. The number of hydrogen-bond donors (Lipinski definition) is 2. The second kappa shape index (κ2) is 6.58. The number of nitro benzene ring substituents is 1. The lowest BCUT2D eigenvalue weighted by Gasteiger charge is -2.14. The molecule has 0 bridgehead atoms. The van der Waals surface area contributed by atoms with Gasteiger partial charge in [-0.1, -0.05) is 0 Å². The minimum atomic E-state index is -0.502. The van der Waals surface area contributed by atoms with Crippen LogP contribution in [0.1, 0.15) is 13.8 Å². The van der Waals surface area contributed by atoms with E-state index in [9.17, 15) is 14.9 Å². The summed E-state index contributed by atoms with van der Waals surface area (Å²) >= 11 is 0. The molecule has 1 unspecified atom stereocenters. The molecule has 0 aromatic heterocycles. The lowest BCUT2D eigenvalue weighted by molar-refractivity contribution is -0.384.